The van der Waals surface area contributed by atoms with Gasteiger partial charge >= 0.3 is 0 Å². The van der Waals surface area contributed by atoms with Gasteiger partial charge in [-0.2, -0.15) is 0 Å². The first-order valence-electron chi connectivity index (χ1n) is 6.99. The molecular weight excluding hydrogens is 333 g/mol. The lowest BCUT2D eigenvalue weighted by atomic mass is 9.95. The Bertz CT molecular complexity index is 394. The summed E-state index contributed by atoms with van der Waals surface area (Å²) in [5.74, 6) is 0. The predicted molar refractivity (Wildman–Crippen MR) is 86.7 cm³/mol. The molecule has 0 spiro atoms. The number of likely N-dealkylation sites (N-methyl/N-ethyl adjacent to an activating group) is 1. The van der Waals surface area contributed by atoms with Gasteiger partial charge < -0.3 is 5.32 Å². The molecule has 1 atom stereocenters. The zero-order valence-electron chi connectivity index (χ0n) is 11.1. The fraction of sp³-hybridized carbons (Fsp3) is 0.500. The third kappa shape index (κ3) is 3.82. The van der Waals surface area contributed by atoms with Gasteiger partial charge in [0.25, 0.3) is 0 Å². The second-order valence-electron chi connectivity index (χ2n) is 4.92. The topological polar surface area (TPSA) is 12.0 Å². The summed E-state index contributed by atoms with van der Waals surface area (Å²) in [5.41, 5.74) is 3.00. The zero-order valence-corrected chi connectivity index (χ0v) is 13.2. The largest absolute Gasteiger partial charge is 0.307 e. The molecule has 0 amide bonds. The van der Waals surface area contributed by atoms with E-state index in [-0.39, 0.29) is 0 Å². The Morgan fingerprint density at radius 2 is 1.94 bits per heavy atom. The van der Waals surface area contributed by atoms with Crippen molar-refractivity contribution in [2.45, 2.75) is 45.1 Å². The average molecular weight is 355 g/mol. The predicted octanol–water partition coefficient (Wildman–Crippen LogP) is 4.83. The molecule has 1 nitrogen and oxygen atoms in total. The van der Waals surface area contributed by atoms with Crippen LogP contribution in [-0.2, 0) is 0 Å². The maximum Gasteiger partial charge on any atom is 0.0535 e. The summed E-state index contributed by atoms with van der Waals surface area (Å²) in [5, 5.41) is 3.65. The first kappa shape index (κ1) is 14.1. The SMILES string of the molecule is CCNC(C1=CCCCCC1)c1ccc(I)cc1. The number of benzene rings is 1. The maximum atomic E-state index is 3.65. The van der Waals surface area contributed by atoms with Crippen molar-refractivity contribution >= 4 is 22.6 Å². The fourth-order valence-electron chi connectivity index (χ4n) is 2.62. The summed E-state index contributed by atoms with van der Waals surface area (Å²) >= 11 is 2.37. The molecule has 1 aliphatic carbocycles. The van der Waals surface area contributed by atoms with Crippen LogP contribution in [0.2, 0.25) is 0 Å². The van der Waals surface area contributed by atoms with Crippen molar-refractivity contribution in [2.24, 2.45) is 0 Å². The standard InChI is InChI=1S/C16H22IN/c1-2-18-16(13-7-5-3-4-6-8-13)14-9-11-15(17)12-10-14/h7,9-12,16,18H,2-6,8H2,1H3. The van der Waals surface area contributed by atoms with Crippen molar-refractivity contribution in [2.75, 3.05) is 6.54 Å². The Morgan fingerprint density at radius 3 is 2.67 bits per heavy atom. The van der Waals surface area contributed by atoms with Crippen LogP contribution in [0.1, 0.15) is 50.6 Å². The number of nitrogens with one attached hydrogen (secondary N) is 1. The van der Waals surface area contributed by atoms with Crippen molar-refractivity contribution < 1.29 is 0 Å². The summed E-state index contributed by atoms with van der Waals surface area (Å²) < 4.78 is 1.31. The molecule has 2 heteroatoms. The smallest absolute Gasteiger partial charge is 0.0535 e. The molecule has 0 saturated carbocycles. The molecule has 1 aromatic carbocycles. The van der Waals surface area contributed by atoms with E-state index in [1.165, 1.54) is 41.2 Å². The van der Waals surface area contributed by atoms with Crippen molar-refractivity contribution in [1.82, 2.24) is 5.32 Å². The van der Waals surface area contributed by atoms with Crippen LogP contribution in [0.4, 0.5) is 0 Å². The molecule has 0 radical (unpaired) electrons. The van der Waals surface area contributed by atoms with Crippen LogP contribution in [0.15, 0.2) is 35.9 Å². The Morgan fingerprint density at radius 1 is 1.17 bits per heavy atom. The van der Waals surface area contributed by atoms with E-state index in [9.17, 15) is 0 Å². The molecule has 98 valence electrons. The van der Waals surface area contributed by atoms with Crippen molar-refractivity contribution in [3.63, 3.8) is 0 Å². The summed E-state index contributed by atoms with van der Waals surface area (Å²) in [7, 11) is 0. The second-order valence-corrected chi connectivity index (χ2v) is 6.17. The number of hydrogen-bond donors (Lipinski definition) is 1. The number of allylic oxidation sites excluding steroid dienone is 1. The maximum absolute atomic E-state index is 3.65. The van der Waals surface area contributed by atoms with E-state index >= 15 is 0 Å². The van der Waals surface area contributed by atoms with E-state index in [0.29, 0.717) is 6.04 Å². The lowest BCUT2D eigenvalue weighted by Gasteiger charge is -2.21. The Hall–Kier alpha value is -0.350. The van der Waals surface area contributed by atoms with Gasteiger partial charge in [0.15, 0.2) is 0 Å². The normalized spacial score (nSPS) is 18.0. The van der Waals surface area contributed by atoms with Gasteiger partial charge in [0.05, 0.1) is 6.04 Å². The van der Waals surface area contributed by atoms with E-state index < -0.39 is 0 Å². The minimum absolute atomic E-state index is 0.421. The third-order valence-corrected chi connectivity index (χ3v) is 4.28. The van der Waals surface area contributed by atoms with Crippen LogP contribution >= 0.6 is 22.6 Å². The van der Waals surface area contributed by atoms with Crippen LogP contribution in [0.5, 0.6) is 0 Å². The molecule has 2 rings (SSSR count). The Balaban J connectivity index is 2.21. The van der Waals surface area contributed by atoms with E-state index in [1.54, 1.807) is 5.57 Å². The number of halogens is 1. The molecule has 1 N–H and O–H groups in total. The monoisotopic (exact) mass is 355 g/mol. The Kier molecular flexibility index (Phi) is 5.70. The van der Waals surface area contributed by atoms with Gasteiger partial charge in [-0.05, 0) is 72.5 Å². The highest BCUT2D eigenvalue weighted by Crippen LogP contribution is 2.29. The molecular formula is C16H22IN. The first-order valence-corrected chi connectivity index (χ1v) is 8.07. The minimum Gasteiger partial charge on any atom is -0.307 e. The van der Waals surface area contributed by atoms with E-state index in [4.69, 9.17) is 0 Å². The molecule has 0 bridgehead atoms. The summed E-state index contributed by atoms with van der Waals surface area (Å²) in [6, 6.07) is 9.36. The molecule has 0 aliphatic heterocycles. The average Bonchev–Trinajstić information content (AvgIpc) is 2.66. The molecule has 1 aliphatic rings. The molecule has 0 aromatic heterocycles. The van der Waals surface area contributed by atoms with Gasteiger partial charge in [0, 0.05) is 3.57 Å². The van der Waals surface area contributed by atoms with Crippen LogP contribution in [-0.4, -0.2) is 6.54 Å². The fourth-order valence-corrected chi connectivity index (χ4v) is 2.98. The van der Waals surface area contributed by atoms with Gasteiger partial charge in [-0.3, -0.25) is 0 Å². The van der Waals surface area contributed by atoms with E-state index in [0.717, 1.165) is 6.54 Å². The van der Waals surface area contributed by atoms with E-state index in [1.807, 2.05) is 0 Å². The van der Waals surface area contributed by atoms with Crippen LogP contribution in [0.25, 0.3) is 0 Å². The summed E-state index contributed by atoms with van der Waals surface area (Å²) in [6.45, 7) is 3.21. The van der Waals surface area contributed by atoms with Crippen LogP contribution < -0.4 is 5.32 Å². The van der Waals surface area contributed by atoms with Crippen LogP contribution in [0.3, 0.4) is 0 Å². The molecule has 0 fully saturated rings. The lowest BCUT2D eigenvalue weighted by molar-refractivity contribution is 0.589. The zero-order chi connectivity index (χ0) is 12.8. The quantitative estimate of drug-likeness (QED) is 0.602. The van der Waals surface area contributed by atoms with E-state index in [2.05, 4.69) is 65.2 Å². The molecule has 0 saturated heterocycles. The van der Waals surface area contributed by atoms with Gasteiger partial charge in [0.1, 0.15) is 0 Å². The van der Waals surface area contributed by atoms with Crippen molar-refractivity contribution in [3.8, 4) is 0 Å². The second kappa shape index (κ2) is 7.29. The highest BCUT2D eigenvalue weighted by atomic mass is 127. The van der Waals surface area contributed by atoms with Crippen molar-refractivity contribution in [1.29, 1.82) is 0 Å². The number of hydrogen-bond acceptors (Lipinski definition) is 1. The summed E-state index contributed by atoms with van der Waals surface area (Å²) in [6.07, 6.45) is 9.06. The molecule has 1 aromatic rings. The van der Waals surface area contributed by atoms with Crippen molar-refractivity contribution in [3.05, 3.63) is 45.0 Å². The first-order chi connectivity index (χ1) is 8.81. The van der Waals surface area contributed by atoms with Gasteiger partial charge in [0.2, 0.25) is 0 Å². The summed E-state index contributed by atoms with van der Waals surface area (Å²) in [4.78, 5) is 0. The molecule has 0 heterocycles. The third-order valence-electron chi connectivity index (χ3n) is 3.56. The minimum atomic E-state index is 0.421. The molecule has 18 heavy (non-hydrogen) atoms. The van der Waals surface area contributed by atoms with Gasteiger partial charge in [-0.15, -0.1) is 0 Å². The Labute approximate surface area is 124 Å². The van der Waals surface area contributed by atoms with Crippen LogP contribution in [0, 0.1) is 3.57 Å². The highest BCUT2D eigenvalue weighted by molar-refractivity contribution is 14.1. The highest BCUT2D eigenvalue weighted by Gasteiger charge is 2.16. The number of rotatable bonds is 4. The van der Waals surface area contributed by atoms with Gasteiger partial charge in [-0.1, -0.05) is 37.1 Å². The van der Waals surface area contributed by atoms with Gasteiger partial charge in [-0.25, -0.2) is 0 Å². The molecule has 1 unspecified atom stereocenters. The lowest BCUT2D eigenvalue weighted by Crippen LogP contribution is -2.22.